The first-order chi connectivity index (χ1) is 13.9. The minimum atomic E-state index is -0.381. The molecule has 2 amide bonds. The molecule has 0 fully saturated rings. The lowest BCUT2D eigenvalue weighted by Gasteiger charge is -2.11. The van der Waals surface area contributed by atoms with Crippen molar-refractivity contribution in [1.82, 2.24) is 19.7 Å². The summed E-state index contributed by atoms with van der Waals surface area (Å²) < 4.78 is 15.6. The van der Waals surface area contributed by atoms with E-state index in [-0.39, 0.29) is 23.4 Å². The number of nitrogens with one attached hydrogen (secondary N) is 1. The molecule has 0 aliphatic heterocycles. The lowest BCUT2D eigenvalue weighted by atomic mass is 10.2. The van der Waals surface area contributed by atoms with Crippen LogP contribution in [0.5, 0.6) is 0 Å². The molecule has 0 aliphatic carbocycles. The number of hydrogen-bond donors (Lipinski definition) is 1. The van der Waals surface area contributed by atoms with Crippen molar-refractivity contribution in [1.29, 1.82) is 0 Å². The van der Waals surface area contributed by atoms with E-state index >= 15 is 0 Å². The molecular formula is C20H20FN5O2S. The fourth-order valence-corrected chi connectivity index (χ4v) is 3.31. The summed E-state index contributed by atoms with van der Waals surface area (Å²) in [6.45, 7) is 0. The van der Waals surface area contributed by atoms with Crippen LogP contribution in [0.3, 0.4) is 0 Å². The first kappa shape index (κ1) is 20.5. The van der Waals surface area contributed by atoms with Gasteiger partial charge >= 0.3 is 0 Å². The lowest BCUT2D eigenvalue weighted by molar-refractivity contribution is -0.113. The Bertz CT molecular complexity index is 1030. The van der Waals surface area contributed by atoms with Gasteiger partial charge in [-0.2, -0.15) is 0 Å². The van der Waals surface area contributed by atoms with E-state index in [1.54, 1.807) is 68.2 Å². The van der Waals surface area contributed by atoms with Gasteiger partial charge in [-0.15, -0.1) is 10.2 Å². The van der Waals surface area contributed by atoms with Crippen molar-refractivity contribution in [2.45, 2.75) is 5.16 Å². The van der Waals surface area contributed by atoms with Gasteiger partial charge in [-0.25, -0.2) is 4.39 Å². The monoisotopic (exact) mass is 413 g/mol. The van der Waals surface area contributed by atoms with Gasteiger partial charge in [-0.3, -0.25) is 9.59 Å². The summed E-state index contributed by atoms with van der Waals surface area (Å²) in [5, 5.41) is 11.4. The van der Waals surface area contributed by atoms with Gasteiger partial charge in [0.25, 0.3) is 5.91 Å². The number of amides is 2. The second kappa shape index (κ2) is 8.87. The van der Waals surface area contributed by atoms with Crippen molar-refractivity contribution in [2.24, 2.45) is 7.05 Å². The van der Waals surface area contributed by atoms with Crippen LogP contribution >= 0.6 is 11.8 Å². The number of anilines is 1. The van der Waals surface area contributed by atoms with Crippen LogP contribution in [0.25, 0.3) is 11.4 Å². The molecule has 9 heteroatoms. The standard InChI is InChI=1S/C20H20FN5O2S/c1-25(2)19(28)13-8-10-14(11-9-13)22-17(27)12-29-20-24-23-18(26(20)3)15-6-4-5-7-16(15)21/h4-11H,12H2,1-3H3,(H,22,27). The van der Waals surface area contributed by atoms with E-state index in [0.29, 0.717) is 27.8 Å². The maximum absolute atomic E-state index is 14.0. The summed E-state index contributed by atoms with van der Waals surface area (Å²) in [5.41, 5.74) is 1.49. The average Bonchev–Trinajstić information content (AvgIpc) is 3.07. The highest BCUT2D eigenvalue weighted by molar-refractivity contribution is 7.99. The van der Waals surface area contributed by atoms with Crippen molar-refractivity contribution in [2.75, 3.05) is 25.2 Å². The van der Waals surface area contributed by atoms with E-state index in [9.17, 15) is 14.0 Å². The van der Waals surface area contributed by atoms with Crippen LogP contribution in [0.4, 0.5) is 10.1 Å². The molecule has 7 nitrogen and oxygen atoms in total. The molecule has 2 aromatic carbocycles. The smallest absolute Gasteiger partial charge is 0.253 e. The van der Waals surface area contributed by atoms with Crippen molar-refractivity contribution >= 4 is 29.3 Å². The third-order valence-electron chi connectivity index (χ3n) is 4.10. The zero-order chi connectivity index (χ0) is 21.0. The Labute approximate surface area is 171 Å². The number of aromatic nitrogens is 3. The number of benzene rings is 2. The third kappa shape index (κ3) is 4.80. The van der Waals surface area contributed by atoms with E-state index in [4.69, 9.17) is 0 Å². The fourth-order valence-electron chi connectivity index (χ4n) is 2.60. The van der Waals surface area contributed by atoms with Gasteiger partial charge in [0, 0.05) is 32.4 Å². The summed E-state index contributed by atoms with van der Waals surface area (Å²) in [6.07, 6.45) is 0. The number of carbonyl (C=O) groups is 2. The van der Waals surface area contributed by atoms with Crippen LogP contribution in [0.2, 0.25) is 0 Å². The minimum absolute atomic E-state index is 0.105. The molecule has 0 saturated heterocycles. The molecule has 0 unspecified atom stereocenters. The van der Waals surface area contributed by atoms with E-state index in [2.05, 4.69) is 15.5 Å². The Balaban J connectivity index is 1.60. The molecule has 1 N–H and O–H groups in total. The number of halogens is 1. The number of rotatable bonds is 6. The van der Waals surface area contributed by atoms with Crippen LogP contribution in [-0.4, -0.2) is 51.3 Å². The Morgan fingerprint density at radius 3 is 2.45 bits per heavy atom. The highest BCUT2D eigenvalue weighted by Gasteiger charge is 2.15. The number of carbonyl (C=O) groups excluding carboxylic acids is 2. The van der Waals surface area contributed by atoms with Crippen LogP contribution in [-0.2, 0) is 11.8 Å². The van der Waals surface area contributed by atoms with Gasteiger partial charge in [-0.1, -0.05) is 23.9 Å². The normalized spacial score (nSPS) is 10.6. The Hall–Kier alpha value is -3.20. The Morgan fingerprint density at radius 2 is 1.79 bits per heavy atom. The molecule has 0 saturated carbocycles. The molecule has 3 rings (SSSR count). The zero-order valence-electron chi connectivity index (χ0n) is 16.2. The average molecular weight is 413 g/mol. The number of hydrogen-bond acceptors (Lipinski definition) is 5. The molecule has 0 radical (unpaired) electrons. The SMILES string of the molecule is CN(C)C(=O)c1ccc(NC(=O)CSc2nnc(-c3ccccc3F)n2C)cc1. The third-order valence-corrected chi connectivity index (χ3v) is 5.12. The summed E-state index contributed by atoms with van der Waals surface area (Å²) in [7, 11) is 5.08. The molecule has 0 atom stereocenters. The summed E-state index contributed by atoms with van der Waals surface area (Å²) in [6, 6.07) is 13.0. The molecule has 1 aromatic heterocycles. The molecular weight excluding hydrogens is 393 g/mol. The van der Waals surface area contributed by atoms with Crippen LogP contribution in [0.15, 0.2) is 53.7 Å². The second-order valence-corrected chi connectivity index (χ2v) is 7.40. The summed E-state index contributed by atoms with van der Waals surface area (Å²) in [4.78, 5) is 25.6. The highest BCUT2D eigenvalue weighted by Crippen LogP contribution is 2.24. The van der Waals surface area contributed by atoms with Crippen LogP contribution in [0.1, 0.15) is 10.4 Å². The molecule has 1 heterocycles. The Morgan fingerprint density at radius 1 is 1.10 bits per heavy atom. The number of thioether (sulfide) groups is 1. The first-order valence-electron chi connectivity index (χ1n) is 8.75. The van der Waals surface area contributed by atoms with Crippen molar-refractivity contribution < 1.29 is 14.0 Å². The van der Waals surface area contributed by atoms with Gasteiger partial charge in [0.15, 0.2) is 11.0 Å². The second-order valence-electron chi connectivity index (χ2n) is 6.46. The van der Waals surface area contributed by atoms with E-state index in [1.165, 1.54) is 22.7 Å². The fraction of sp³-hybridized carbons (Fsp3) is 0.200. The quantitative estimate of drug-likeness (QED) is 0.629. The van der Waals surface area contributed by atoms with Gasteiger partial charge in [-0.05, 0) is 36.4 Å². The van der Waals surface area contributed by atoms with Crippen molar-refractivity contribution in [3.05, 3.63) is 59.9 Å². The van der Waals surface area contributed by atoms with Gasteiger partial charge < -0.3 is 14.8 Å². The summed E-state index contributed by atoms with van der Waals surface area (Å²) >= 11 is 1.20. The summed E-state index contributed by atoms with van der Waals surface area (Å²) in [5.74, 6) is -0.203. The molecule has 0 spiro atoms. The molecule has 0 bridgehead atoms. The predicted octanol–water partition coefficient (Wildman–Crippen LogP) is 3.05. The molecule has 29 heavy (non-hydrogen) atoms. The molecule has 3 aromatic rings. The van der Waals surface area contributed by atoms with Crippen LogP contribution in [0, 0.1) is 5.82 Å². The maximum atomic E-state index is 14.0. The largest absolute Gasteiger partial charge is 0.345 e. The topological polar surface area (TPSA) is 80.1 Å². The van der Waals surface area contributed by atoms with Gasteiger partial charge in [0.05, 0.1) is 11.3 Å². The maximum Gasteiger partial charge on any atom is 0.253 e. The Kier molecular flexibility index (Phi) is 6.28. The van der Waals surface area contributed by atoms with Crippen molar-refractivity contribution in [3.63, 3.8) is 0 Å². The van der Waals surface area contributed by atoms with Crippen LogP contribution < -0.4 is 5.32 Å². The predicted molar refractivity (Wildman–Crippen MR) is 110 cm³/mol. The van der Waals surface area contributed by atoms with E-state index < -0.39 is 0 Å². The molecule has 0 aliphatic rings. The van der Waals surface area contributed by atoms with E-state index in [1.807, 2.05) is 0 Å². The lowest BCUT2D eigenvalue weighted by Crippen LogP contribution is -2.21. The zero-order valence-corrected chi connectivity index (χ0v) is 17.0. The number of nitrogens with zero attached hydrogens (tertiary/aromatic N) is 4. The molecule has 150 valence electrons. The van der Waals surface area contributed by atoms with Gasteiger partial charge in [0.2, 0.25) is 5.91 Å². The first-order valence-corrected chi connectivity index (χ1v) is 9.74. The highest BCUT2D eigenvalue weighted by atomic mass is 32.2. The van der Waals surface area contributed by atoms with Crippen molar-refractivity contribution in [3.8, 4) is 11.4 Å². The van der Waals surface area contributed by atoms with Gasteiger partial charge in [0.1, 0.15) is 5.82 Å². The van der Waals surface area contributed by atoms with E-state index in [0.717, 1.165) is 0 Å². The minimum Gasteiger partial charge on any atom is -0.345 e.